The molecular weight excluding hydrogens is 312 g/mol. The molecule has 0 saturated carbocycles. The van der Waals surface area contributed by atoms with Gasteiger partial charge in [-0.1, -0.05) is 18.5 Å². The van der Waals surface area contributed by atoms with Crippen molar-refractivity contribution in [3.8, 4) is 6.07 Å². The van der Waals surface area contributed by atoms with Gasteiger partial charge in [0.05, 0.1) is 13.2 Å². The lowest BCUT2D eigenvalue weighted by Crippen LogP contribution is -2.38. The molecule has 0 amide bonds. The first-order valence-corrected chi connectivity index (χ1v) is 7.71. The van der Waals surface area contributed by atoms with Crippen molar-refractivity contribution in [2.24, 2.45) is 0 Å². The third-order valence-corrected chi connectivity index (χ3v) is 4.55. The van der Waals surface area contributed by atoms with Gasteiger partial charge in [-0.15, -0.1) is 0 Å². The first kappa shape index (κ1) is 14.3. The van der Waals surface area contributed by atoms with Crippen molar-refractivity contribution in [2.75, 3.05) is 24.6 Å². The first-order valence-electron chi connectivity index (χ1n) is 6.56. The highest BCUT2D eigenvalue weighted by Crippen LogP contribution is 2.33. The van der Waals surface area contributed by atoms with Gasteiger partial charge in [-0.3, -0.25) is 5.10 Å². The molecule has 3 heterocycles. The van der Waals surface area contributed by atoms with Crippen LogP contribution in [-0.2, 0) is 11.2 Å². The molecule has 1 aliphatic heterocycles. The first-order chi connectivity index (χ1) is 10.2. The number of nitrogens with zero attached hydrogens (tertiary/aromatic N) is 5. The summed E-state index contributed by atoms with van der Waals surface area (Å²) < 4.78 is 9.78. The Hall–Kier alpha value is -1.69. The Morgan fingerprint density at radius 2 is 2.48 bits per heavy atom. The van der Waals surface area contributed by atoms with Crippen molar-refractivity contribution >= 4 is 28.1 Å². The number of aromatic amines is 1. The van der Waals surface area contributed by atoms with Crippen LogP contribution in [0.3, 0.4) is 0 Å². The number of H-pyrrole nitrogens is 1. The molecule has 0 radical (unpaired) electrons. The molecule has 3 rings (SSSR count). The van der Waals surface area contributed by atoms with E-state index < -0.39 is 0 Å². The van der Waals surface area contributed by atoms with Gasteiger partial charge in [0.2, 0.25) is 0 Å². The Balaban J connectivity index is 1.81. The van der Waals surface area contributed by atoms with Gasteiger partial charge in [-0.2, -0.15) is 14.7 Å². The molecule has 0 aliphatic carbocycles. The quantitative estimate of drug-likeness (QED) is 0.927. The van der Waals surface area contributed by atoms with Crippen LogP contribution in [0.15, 0.2) is 0 Å². The van der Waals surface area contributed by atoms with Crippen LogP contribution in [-0.4, -0.2) is 39.3 Å². The normalized spacial score (nSPS) is 18.7. The Labute approximate surface area is 130 Å². The van der Waals surface area contributed by atoms with Crippen LogP contribution in [0.1, 0.15) is 30.2 Å². The number of ether oxygens (including phenoxy) is 1. The molecule has 9 heteroatoms. The molecule has 1 fully saturated rings. The second-order valence-electron chi connectivity index (χ2n) is 4.56. The fourth-order valence-electron chi connectivity index (χ4n) is 2.17. The minimum Gasteiger partial charge on any atom is -0.366 e. The van der Waals surface area contributed by atoms with Gasteiger partial charge < -0.3 is 9.64 Å². The monoisotopic (exact) mass is 324 g/mol. The molecule has 1 unspecified atom stereocenters. The molecular formula is C12H13ClN6OS. The summed E-state index contributed by atoms with van der Waals surface area (Å²) in [6, 6.07) is 2.11. The van der Waals surface area contributed by atoms with E-state index in [-0.39, 0.29) is 11.3 Å². The van der Waals surface area contributed by atoms with E-state index in [1.807, 2.05) is 6.92 Å². The average molecular weight is 325 g/mol. The van der Waals surface area contributed by atoms with Gasteiger partial charge in [-0.25, -0.2) is 4.98 Å². The van der Waals surface area contributed by atoms with Crippen molar-refractivity contribution in [1.29, 1.82) is 5.26 Å². The highest BCUT2D eigenvalue weighted by molar-refractivity contribution is 7.10. The van der Waals surface area contributed by atoms with Crippen LogP contribution in [0.4, 0.5) is 5.00 Å². The maximum Gasteiger partial charge on any atom is 0.181 e. The maximum atomic E-state index is 9.18. The highest BCUT2D eigenvalue weighted by Gasteiger charge is 2.28. The zero-order valence-corrected chi connectivity index (χ0v) is 12.9. The molecule has 7 nitrogen and oxygen atoms in total. The van der Waals surface area contributed by atoms with Crippen LogP contribution in [0.2, 0.25) is 5.15 Å². The number of anilines is 1. The van der Waals surface area contributed by atoms with E-state index in [4.69, 9.17) is 16.3 Å². The zero-order chi connectivity index (χ0) is 14.8. The molecule has 0 bridgehead atoms. The third kappa shape index (κ3) is 2.72. The molecule has 110 valence electrons. The molecule has 1 N–H and O–H groups in total. The molecule has 1 saturated heterocycles. The van der Waals surface area contributed by atoms with Crippen LogP contribution in [0.25, 0.3) is 0 Å². The van der Waals surface area contributed by atoms with E-state index in [9.17, 15) is 5.26 Å². The molecule has 21 heavy (non-hydrogen) atoms. The predicted molar refractivity (Wildman–Crippen MR) is 78.5 cm³/mol. The van der Waals surface area contributed by atoms with Gasteiger partial charge in [0.25, 0.3) is 0 Å². The predicted octanol–water partition coefficient (Wildman–Crippen LogP) is 1.93. The summed E-state index contributed by atoms with van der Waals surface area (Å²) >= 11 is 7.16. The summed E-state index contributed by atoms with van der Waals surface area (Å²) in [6.45, 7) is 3.82. The van der Waals surface area contributed by atoms with Gasteiger partial charge in [0.15, 0.2) is 11.0 Å². The number of aryl methyl sites for hydroxylation is 1. The lowest BCUT2D eigenvalue weighted by Gasteiger charge is -2.32. The average Bonchev–Trinajstić information content (AvgIpc) is 3.13. The fourth-order valence-corrected chi connectivity index (χ4v) is 3.24. The SMILES string of the molecule is CCc1nc(C2CN(c3snc(Cl)c3C#N)CCO2)n[nH]1. The molecule has 0 aromatic carbocycles. The van der Waals surface area contributed by atoms with E-state index in [0.29, 0.717) is 31.1 Å². The second-order valence-corrected chi connectivity index (χ2v) is 5.67. The molecule has 1 atom stereocenters. The van der Waals surface area contributed by atoms with E-state index in [1.54, 1.807) is 0 Å². The van der Waals surface area contributed by atoms with Gasteiger partial charge in [0.1, 0.15) is 28.6 Å². The van der Waals surface area contributed by atoms with Crippen LogP contribution < -0.4 is 4.90 Å². The minimum atomic E-state index is -0.220. The zero-order valence-electron chi connectivity index (χ0n) is 11.3. The molecule has 1 aliphatic rings. The number of nitriles is 1. The minimum absolute atomic E-state index is 0.220. The number of morpholine rings is 1. The largest absolute Gasteiger partial charge is 0.366 e. The lowest BCUT2D eigenvalue weighted by atomic mass is 10.2. The van der Waals surface area contributed by atoms with E-state index in [1.165, 1.54) is 11.5 Å². The summed E-state index contributed by atoms with van der Waals surface area (Å²) in [5, 5.41) is 17.3. The smallest absolute Gasteiger partial charge is 0.181 e. The van der Waals surface area contributed by atoms with Crippen molar-refractivity contribution < 1.29 is 4.74 Å². The van der Waals surface area contributed by atoms with Crippen molar-refractivity contribution in [1.82, 2.24) is 19.6 Å². The van der Waals surface area contributed by atoms with Crippen molar-refractivity contribution in [3.63, 3.8) is 0 Å². The van der Waals surface area contributed by atoms with E-state index in [0.717, 1.165) is 17.2 Å². The number of hydrogen-bond acceptors (Lipinski definition) is 7. The molecule has 2 aromatic heterocycles. The number of halogens is 1. The Bertz CT molecular complexity index is 678. The van der Waals surface area contributed by atoms with Crippen LogP contribution in [0, 0.1) is 11.3 Å². The maximum absolute atomic E-state index is 9.18. The van der Waals surface area contributed by atoms with E-state index >= 15 is 0 Å². The standard InChI is InChI=1S/C12H13ClN6OS/c1-2-9-15-11(17-16-9)8-6-19(3-4-20-8)12-7(5-14)10(13)18-21-12/h8H,2-4,6H2,1H3,(H,15,16,17). The highest BCUT2D eigenvalue weighted by atomic mass is 35.5. The summed E-state index contributed by atoms with van der Waals surface area (Å²) in [7, 11) is 0. The van der Waals surface area contributed by atoms with Gasteiger partial charge in [0, 0.05) is 13.0 Å². The van der Waals surface area contributed by atoms with Gasteiger partial charge >= 0.3 is 0 Å². The number of nitrogens with one attached hydrogen (secondary N) is 1. The Kier molecular flexibility index (Phi) is 4.05. The second kappa shape index (κ2) is 5.97. The Morgan fingerprint density at radius 1 is 1.62 bits per heavy atom. The Morgan fingerprint density at radius 3 is 3.19 bits per heavy atom. The van der Waals surface area contributed by atoms with Crippen molar-refractivity contribution in [2.45, 2.75) is 19.4 Å². The number of hydrogen-bond donors (Lipinski definition) is 1. The lowest BCUT2D eigenvalue weighted by molar-refractivity contribution is 0.0344. The summed E-state index contributed by atoms with van der Waals surface area (Å²) in [5.41, 5.74) is 0.423. The van der Waals surface area contributed by atoms with Crippen molar-refractivity contribution in [3.05, 3.63) is 22.4 Å². The van der Waals surface area contributed by atoms with E-state index in [2.05, 4.69) is 30.5 Å². The summed E-state index contributed by atoms with van der Waals surface area (Å²) in [6.07, 6.45) is 0.578. The van der Waals surface area contributed by atoms with Crippen LogP contribution in [0.5, 0.6) is 0 Å². The summed E-state index contributed by atoms with van der Waals surface area (Å²) in [5.74, 6) is 1.48. The molecule has 2 aromatic rings. The number of rotatable bonds is 3. The molecule has 0 spiro atoms. The number of aromatic nitrogens is 4. The summed E-state index contributed by atoms with van der Waals surface area (Å²) in [4.78, 5) is 6.46. The fraction of sp³-hybridized carbons (Fsp3) is 0.500. The van der Waals surface area contributed by atoms with Crippen LogP contribution >= 0.6 is 23.1 Å². The third-order valence-electron chi connectivity index (χ3n) is 3.27. The van der Waals surface area contributed by atoms with Gasteiger partial charge in [-0.05, 0) is 11.5 Å². The topological polar surface area (TPSA) is 90.7 Å².